The van der Waals surface area contributed by atoms with Gasteiger partial charge in [0.15, 0.2) is 0 Å². The summed E-state index contributed by atoms with van der Waals surface area (Å²) in [7, 11) is 0. The Bertz CT molecular complexity index is 1460. The van der Waals surface area contributed by atoms with Gasteiger partial charge in [0.25, 0.3) is 0 Å². The van der Waals surface area contributed by atoms with Gasteiger partial charge in [-0.15, -0.1) is 0 Å². The molecule has 4 nitrogen and oxygen atoms in total. The van der Waals surface area contributed by atoms with Gasteiger partial charge in [-0.25, -0.2) is 0 Å². The van der Waals surface area contributed by atoms with Gasteiger partial charge in [-0.3, -0.25) is 0 Å². The van der Waals surface area contributed by atoms with Crippen LogP contribution in [0.5, 0.6) is 0 Å². The fraction of sp³-hybridized carbons (Fsp3) is 0.257. The number of rotatable bonds is 4. The molecule has 0 saturated carbocycles. The summed E-state index contributed by atoms with van der Waals surface area (Å²) in [6, 6.07) is 24.5. The highest BCUT2D eigenvalue weighted by atomic mass is 15.4. The number of dihydropyridines is 1. The zero-order valence-electron chi connectivity index (χ0n) is 23.9. The van der Waals surface area contributed by atoms with E-state index in [0.29, 0.717) is 0 Å². The van der Waals surface area contributed by atoms with E-state index in [-0.39, 0.29) is 18.4 Å². The Kier molecular flexibility index (Phi) is 7.65. The van der Waals surface area contributed by atoms with E-state index in [0.717, 1.165) is 5.70 Å². The largest absolute Gasteiger partial charge is 0.374 e. The van der Waals surface area contributed by atoms with Crippen LogP contribution in [0.15, 0.2) is 109 Å². The zero-order chi connectivity index (χ0) is 27.5. The van der Waals surface area contributed by atoms with Gasteiger partial charge in [0, 0.05) is 22.6 Å². The average Bonchev–Trinajstić information content (AvgIpc) is 3.29. The molecule has 3 atom stereocenters. The highest BCUT2D eigenvalue weighted by Crippen LogP contribution is 2.46. The van der Waals surface area contributed by atoms with Crippen molar-refractivity contribution >= 4 is 11.4 Å². The van der Waals surface area contributed by atoms with Crippen LogP contribution in [0.3, 0.4) is 0 Å². The van der Waals surface area contributed by atoms with Crippen molar-refractivity contribution < 1.29 is 0 Å². The highest BCUT2D eigenvalue weighted by Gasteiger charge is 2.40. The van der Waals surface area contributed by atoms with Gasteiger partial charge in [0.05, 0.1) is 11.7 Å². The van der Waals surface area contributed by atoms with E-state index < -0.39 is 0 Å². The van der Waals surface area contributed by atoms with Crippen LogP contribution in [0.4, 0.5) is 5.69 Å². The van der Waals surface area contributed by atoms with E-state index in [1.54, 1.807) is 0 Å². The maximum Gasteiger partial charge on any atom is 0.129 e. The van der Waals surface area contributed by atoms with Gasteiger partial charge in [-0.05, 0) is 68.7 Å². The van der Waals surface area contributed by atoms with Crippen LogP contribution >= 0.6 is 0 Å². The topological polar surface area (TPSA) is 39.3 Å². The summed E-state index contributed by atoms with van der Waals surface area (Å²) in [6.45, 7) is 12.6. The molecule has 6 rings (SSSR count). The number of hydrogen-bond donors (Lipinski definition) is 3. The Hall–Kier alpha value is -4.18. The number of hydrogen-bond acceptors (Lipinski definition) is 4. The summed E-state index contributed by atoms with van der Waals surface area (Å²) in [5, 5.41) is 11.4. The molecule has 0 saturated heterocycles. The number of allylic oxidation sites excluding steroid dienone is 5. The number of fused-ring (bicyclic) bond motifs is 3. The van der Waals surface area contributed by atoms with Crippen LogP contribution in [-0.2, 0) is 0 Å². The predicted molar refractivity (Wildman–Crippen MR) is 165 cm³/mol. The van der Waals surface area contributed by atoms with Gasteiger partial charge in [-0.1, -0.05) is 97.8 Å². The molecule has 3 aromatic rings. The summed E-state index contributed by atoms with van der Waals surface area (Å²) in [5.41, 5.74) is 12.3. The minimum atomic E-state index is 0.00551. The van der Waals surface area contributed by atoms with Gasteiger partial charge in [0.1, 0.15) is 12.3 Å². The van der Waals surface area contributed by atoms with Crippen LogP contribution in [0.1, 0.15) is 79.4 Å². The molecule has 3 aliphatic heterocycles. The first-order valence-electron chi connectivity index (χ1n) is 14.1. The van der Waals surface area contributed by atoms with Crippen molar-refractivity contribution in [2.24, 2.45) is 0 Å². The molecule has 200 valence electrons. The van der Waals surface area contributed by atoms with Crippen molar-refractivity contribution in [3.8, 4) is 0 Å². The smallest absolute Gasteiger partial charge is 0.129 e. The van der Waals surface area contributed by atoms with Crippen LogP contribution < -0.4 is 16.0 Å². The van der Waals surface area contributed by atoms with Crippen LogP contribution in [-0.4, -0.2) is 4.90 Å². The zero-order valence-corrected chi connectivity index (χ0v) is 23.9. The minimum absolute atomic E-state index is 0.00551. The lowest BCUT2D eigenvalue weighted by atomic mass is 9.96. The summed E-state index contributed by atoms with van der Waals surface area (Å²) < 4.78 is 0. The molecule has 3 N–H and O–H groups in total. The van der Waals surface area contributed by atoms with Crippen molar-refractivity contribution in [3.63, 3.8) is 0 Å². The Labute approximate surface area is 233 Å². The number of aryl methyl sites for hydroxylation is 2. The van der Waals surface area contributed by atoms with Crippen molar-refractivity contribution in [2.75, 3.05) is 5.32 Å². The molecule has 0 spiro atoms. The predicted octanol–water partition coefficient (Wildman–Crippen LogP) is 8.41. The SMILES string of the molecule is C/C=C\C1=C(C)NC2c3ccccc3NC(c3cccc(C4=CC=CC(c5cc(C)cc(C)c5)N4)c3)N12.CC. The van der Waals surface area contributed by atoms with E-state index in [2.05, 4.69) is 146 Å². The summed E-state index contributed by atoms with van der Waals surface area (Å²) in [4.78, 5) is 2.47. The molecule has 0 bridgehead atoms. The third kappa shape index (κ3) is 5.12. The van der Waals surface area contributed by atoms with Gasteiger partial charge >= 0.3 is 0 Å². The second-order valence-corrected chi connectivity index (χ2v) is 10.2. The molecular formula is C35H40N4. The maximum absolute atomic E-state index is 3.83. The molecule has 3 aliphatic rings. The Balaban J connectivity index is 0.00000151. The normalized spacial score (nSPS) is 21.2. The molecule has 39 heavy (non-hydrogen) atoms. The van der Waals surface area contributed by atoms with Crippen LogP contribution in [0.25, 0.3) is 5.70 Å². The van der Waals surface area contributed by atoms with E-state index >= 15 is 0 Å². The van der Waals surface area contributed by atoms with Crippen LogP contribution in [0, 0.1) is 13.8 Å². The fourth-order valence-electron chi connectivity index (χ4n) is 5.86. The van der Waals surface area contributed by atoms with Crippen molar-refractivity contribution in [1.82, 2.24) is 15.5 Å². The van der Waals surface area contributed by atoms with Crippen LogP contribution in [0.2, 0.25) is 0 Å². The second-order valence-electron chi connectivity index (χ2n) is 10.2. The summed E-state index contributed by atoms with van der Waals surface area (Å²) in [6.07, 6.45) is 11.0. The molecule has 0 aliphatic carbocycles. The van der Waals surface area contributed by atoms with E-state index in [1.165, 1.54) is 50.5 Å². The molecule has 0 radical (unpaired) electrons. The number of benzene rings is 3. The van der Waals surface area contributed by atoms with E-state index in [1.807, 2.05) is 13.8 Å². The van der Waals surface area contributed by atoms with Crippen molar-refractivity contribution in [3.05, 3.63) is 142 Å². The first-order chi connectivity index (χ1) is 19.0. The van der Waals surface area contributed by atoms with Gasteiger partial charge in [0.2, 0.25) is 0 Å². The lowest BCUT2D eigenvalue weighted by molar-refractivity contribution is 0.204. The Morgan fingerprint density at radius 2 is 1.54 bits per heavy atom. The second kappa shape index (κ2) is 11.3. The first-order valence-corrected chi connectivity index (χ1v) is 14.1. The molecule has 0 amide bonds. The van der Waals surface area contributed by atoms with Gasteiger partial charge in [-0.2, -0.15) is 0 Å². The lowest BCUT2D eigenvalue weighted by Crippen LogP contribution is -2.40. The lowest BCUT2D eigenvalue weighted by Gasteiger charge is -2.42. The third-order valence-corrected chi connectivity index (χ3v) is 7.44. The summed E-state index contributed by atoms with van der Waals surface area (Å²) in [5.74, 6) is 0. The van der Waals surface area contributed by atoms with E-state index in [4.69, 9.17) is 0 Å². The molecular weight excluding hydrogens is 476 g/mol. The van der Waals surface area contributed by atoms with E-state index in [9.17, 15) is 0 Å². The van der Waals surface area contributed by atoms with Gasteiger partial charge < -0.3 is 20.9 Å². The molecule has 0 aromatic heterocycles. The quantitative estimate of drug-likeness (QED) is 0.325. The molecule has 4 heteroatoms. The van der Waals surface area contributed by atoms with Crippen molar-refractivity contribution in [2.45, 2.75) is 59.9 Å². The molecule has 3 heterocycles. The van der Waals surface area contributed by atoms with Crippen molar-refractivity contribution in [1.29, 1.82) is 0 Å². The number of nitrogens with one attached hydrogen (secondary N) is 3. The fourth-order valence-corrected chi connectivity index (χ4v) is 5.86. The number of nitrogens with zero attached hydrogens (tertiary/aromatic N) is 1. The maximum atomic E-state index is 3.83. The molecule has 3 aromatic carbocycles. The third-order valence-electron chi connectivity index (χ3n) is 7.44. The standard InChI is InChI=1S/C33H34N4.C2H6/c1-5-10-31-23(4)34-33-27-13-6-7-14-30(27)36-32(37(31)33)25-12-8-11-24(20-25)28-15-9-16-29(35-28)26-18-21(2)17-22(3)19-26;1-2/h5-20,29,32-36H,1-4H3;1-2H3/b10-5-;. The molecule has 0 fully saturated rings. The Morgan fingerprint density at radius 1 is 0.769 bits per heavy atom. The average molecular weight is 517 g/mol. The monoisotopic (exact) mass is 516 g/mol. The first kappa shape index (κ1) is 26.4. The highest BCUT2D eigenvalue weighted by molar-refractivity contribution is 5.69. The minimum Gasteiger partial charge on any atom is -0.374 e. The Morgan fingerprint density at radius 3 is 2.31 bits per heavy atom. The molecule has 3 unspecified atom stereocenters. The number of anilines is 1. The summed E-state index contributed by atoms with van der Waals surface area (Å²) >= 11 is 0. The number of para-hydroxylation sites is 1.